The van der Waals surface area contributed by atoms with Gasteiger partial charge in [0.05, 0.1) is 0 Å². The average Bonchev–Trinajstić information content (AvgIpc) is 2.47. The minimum Gasteiger partial charge on any atom is -0.508 e. The first kappa shape index (κ1) is 15.3. The molecule has 1 heterocycles. The summed E-state index contributed by atoms with van der Waals surface area (Å²) < 4.78 is 0. The summed E-state index contributed by atoms with van der Waals surface area (Å²) in [5, 5.41) is 12.9. The van der Waals surface area contributed by atoms with Crippen LogP contribution in [0.4, 0.5) is 0 Å². The van der Waals surface area contributed by atoms with Crippen LogP contribution in [-0.4, -0.2) is 42.2 Å². The number of benzene rings is 1. The molecule has 112 valence electrons. The Morgan fingerprint density at radius 1 is 1.15 bits per heavy atom. The molecule has 0 spiro atoms. The molecule has 0 aliphatic carbocycles. The van der Waals surface area contributed by atoms with Gasteiger partial charge < -0.3 is 15.3 Å². The van der Waals surface area contributed by atoms with E-state index in [-0.39, 0.29) is 0 Å². The number of aromatic hydroxyl groups is 1. The molecule has 0 bridgehead atoms. The molecule has 3 heteroatoms. The van der Waals surface area contributed by atoms with Gasteiger partial charge in [-0.05, 0) is 76.5 Å². The van der Waals surface area contributed by atoms with Gasteiger partial charge >= 0.3 is 0 Å². The fraction of sp³-hybridized carbons (Fsp3) is 0.647. The van der Waals surface area contributed by atoms with E-state index in [2.05, 4.69) is 17.1 Å². The van der Waals surface area contributed by atoms with Crippen molar-refractivity contribution in [2.75, 3.05) is 26.2 Å². The third-order valence-corrected chi connectivity index (χ3v) is 4.07. The Morgan fingerprint density at radius 2 is 1.85 bits per heavy atom. The van der Waals surface area contributed by atoms with Crippen molar-refractivity contribution in [3.8, 4) is 5.75 Å². The van der Waals surface area contributed by atoms with Gasteiger partial charge in [-0.3, -0.25) is 0 Å². The maximum atomic E-state index is 9.27. The smallest absolute Gasteiger partial charge is 0.115 e. The van der Waals surface area contributed by atoms with Crippen molar-refractivity contribution in [3.05, 3.63) is 29.8 Å². The van der Waals surface area contributed by atoms with Gasteiger partial charge in [-0.1, -0.05) is 18.6 Å². The van der Waals surface area contributed by atoms with Crippen molar-refractivity contribution in [2.24, 2.45) is 0 Å². The predicted molar refractivity (Wildman–Crippen MR) is 84.2 cm³/mol. The molecular formula is C17H28N2O. The van der Waals surface area contributed by atoms with Crippen LogP contribution in [0.15, 0.2) is 24.3 Å². The first-order valence-corrected chi connectivity index (χ1v) is 7.98. The maximum absolute atomic E-state index is 9.27. The number of nitrogens with zero attached hydrogens (tertiary/aromatic N) is 1. The minimum absolute atomic E-state index is 0.343. The Kier molecular flexibility index (Phi) is 6.34. The van der Waals surface area contributed by atoms with E-state index in [1.165, 1.54) is 50.9 Å². The topological polar surface area (TPSA) is 35.5 Å². The summed E-state index contributed by atoms with van der Waals surface area (Å²) in [5.74, 6) is 0.343. The first-order valence-electron chi connectivity index (χ1n) is 7.98. The van der Waals surface area contributed by atoms with E-state index < -0.39 is 0 Å². The molecule has 0 amide bonds. The highest BCUT2D eigenvalue weighted by Crippen LogP contribution is 2.11. The van der Waals surface area contributed by atoms with Gasteiger partial charge in [-0.25, -0.2) is 0 Å². The Bertz CT molecular complexity index is 371. The van der Waals surface area contributed by atoms with Crippen molar-refractivity contribution in [3.63, 3.8) is 0 Å². The lowest BCUT2D eigenvalue weighted by molar-refractivity contribution is 0.225. The van der Waals surface area contributed by atoms with Crippen molar-refractivity contribution in [1.82, 2.24) is 10.2 Å². The Hall–Kier alpha value is -1.06. The van der Waals surface area contributed by atoms with E-state index in [1.54, 1.807) is 12.1 Å². The van der Waals surface area contributed by atoms with Crippen molar-refractivity contribution >= 4 is 0 Å². The van der Waals surface area contributed by atoms with Gasteiger partial charge in [0.15, 0.2) is 0 Å². The molecule has 0 radical (unpaired) electrons. The second-order valence-electron chi connectivity index (χ2n) is 5.98. The van der Waals surface area contributed by atoms with Crippen LogP contribution in [0, 0.1) is 0 Å². The van der Waals surface area contributed by atoms with Crippen LogP contribution >= 0.6 is 0 Å². The summed E-state index contributed by atoms with van der Waals surface area (Å²) in [4.78, 5) is 2.59. The SMILES string of the molecule is CC(Cc1ccc(O)cc1)NCCCN1CCCCC1. The molecule has 0 aromatic heterocycles. The lowest BCUT2D eigenvalue weighted by atomic mass is 10.1. The van der Waals surface area contributed by atoms with E-state index in [0.29, 0.717) is 11.8 Å². The average molecular weight is 276 g/mol. The van der Waals surface area contributed by atoms with E-state index >= 15 is 0 Å². The quantitative estimate of drug-likeness (QED) is 0.752. The highest BCUT2D eigenvalue weighted by atomic mass is 16.3. The van der Waals surface area contributed by atoms with Gasteiger partial charge in [0, 0.05) is 6.04 Å². The second-order valence-corrected chi connectivity index (χ2v) is 5.98. The fourth-order valence-corrected chi connectivity index (χ4v) is 2.89. The van der Waals surface area contributed by atoms with Gasteiger partial charge in [0.2, 0.25) is 0 Å². The first-order chi connectivity index (χ1) is 9.74. The van der Waals surface area contributed by atoms with E-state index in [0.717, 1.165) is 13.0 Å². The Morgan fingerprint density at radius 3 is 2.55 bits per heavy atom. The predicted octanol–water partition coefficient (Wildman–Crippen LogP) is 2.79. The fourth-order valence-electron chi connectivity index (χ4n) is 2.89. The second kappa shape index (κ2) is 8.28. The summed E-state index contributed by atoms with van der Waals surface area (Å²) in [6, 6.07) is 8.01. The number of nitrogens with one attached hydrogen (secondary N) is 1. The number of piperidine rings is 1. The van der Waals surface area contributed by atoms with Crippen LogP contribution in [0.3, 0.4) is 0 Å². The summed E-state index contributed by atoms with van der Waals surface area (Å²) >= 11 is 0. The van der Waals surface area contributed by atoms with E-state index in [1.807, 2.05) is 12.1 Å². The molecule has 1 atom stereocenters. The monoisotopic (exact) mass is 276 g/mol. The number of hydrogen-bond donors (Lipinski definition) is 2. The summed E-state index contributed by atoms with van der Waals surface area (Å²) in [7, 11) is 0. The molecule has 3 nitrogen and oxygen atoms in total. The van der Waals surface area contributed by atoms with Crippen LogP contribution in [0.25, 0.3) is 0 Å². The molecule has 1 saturated heterocycles. The Labute approximate surface area is 123 Å². The number of phenols is 1. The summed E-state index contributed by atoms with van der Waals surface area (Å²) in [6.07, 6.45) is 6.43. The number of likely N-dealkylation sites (tertiary alicyclic amines) is 1. The lowest BCUT2D eigenvalue weighted by Gasteiger charge is -2.26. The van der Waals surface area contributed by atoms with Crippen molar-refractivity contribution in [2.45, 2.75) is 45.1 Å². The molecule has 20 heavy (non-hydrogen) atoms. The van der Waals surface area contributed by atoms with Gasteiger partial charge in [0.25, 0.3) is 0 Å². The molecule has 1 aromatic rings. The highest BCUT2D eigenvalue weighted by Gasteiger charge is 2.09. The van der Waals surface area contributed by atoms with Crippen molar-refractivity contribution < 1.29 is 5.11 Å². The summed E-state index contributed by atoms with van der Waals surface area (Å²) in [5.41, 5.74) is 1.28. The number of rotatable bonds is 7. The normalized spacial score (nSPS) is 18.1. The number of hydrogen-bond acceptors (Lipinski definition) is 3. The molecule has 1 fully saturated rings. The minimum atomic E-state index is 0.343. The molecule has 2 N–H and O–H groups in total. The van der Waals surface area contributed by atoms with Crippen LogP contribution in [0.2, 0.25) is 0 Å². The molecular weight excluding hydrogens is 248 g/mol. The molecule has 0 saturated carbocycles. The van der Waals surface area contributed by atoms with Crippen LogP contribution in [-0.2, 0) is 6.42 Å². The Balaban J connectivity index is 1.57. The van der Waals surface area contributed by atoms with Gasteiger partial charge in [-0.15, -0.1) is 0 Å². The zero-order valence-corrected chi connectivity index (χ0v) is 12.6. The zero-order valence-electron chi connectivity index (χ0n) is 12.6. The molecule has 1 aliphatic rings. The largest absolute Gasteiger partial charge is 0.508 e. The van der Waals surface area contributed by atoms with Crippen LogP contribution < -0.4 is 5.32 Å². The van der Waals surface area contributed by atoms with Crippen LogP contribution in [0.5, 0.6) is 5.75 Å². The van der Waals surface area contributed by atoms with E-state index in [9.17, 15) is 5.11 Å². The van der Waals surface area contributed by atoms with Crippen molar-refractivity contribution in [1.29, 1.82) is 0 Å². The van der Waals surface area contributed by atoms with Gasteiger partial charge in [0.1, 0.15) is 5.75 Å². The number of phenolic OH excluding ortho intramolecular Hbond substituents is 1. The van der Waals surface area contributed by atoms with Gasteiger partial charge in [-0.2, -0.15) is 0 Å². The molecule has 1 aromatic carbocycles. The van der Waals surface area contributed by atoms with Crippen LogP contribution in [0.1, 0.15) is 38.2 Å². The van der Waals surface area contributed by atoms with E-state index in [4.69, 9.17) is 0 Å². The maximum Gasteiger partial charge on any atom is 0.115 e. The summed E-state index contributed by atoms with van der Waals surface area (Å²) in [6.45, 7) is 7.15. The third-order valence-electron chi connectivity index (χ3n) is 4.07. The zero-order chi connectivity index (χ0) is 14.2. The molecule has 2 rings (SSSR count). The molecule has 1 aliphatic heterocycles. The standard InChI is InChI=1S/C17H28N2O/c1-15(14-16-6-8-17(20)9-7-16)18-10-5-13-19-11-3-2-4-12-19/h6-9,15,18,20H,2-5,10-14H2,1H3. The molecule has 1 unspecified atom stereocenters. The third kappa shape index (κ3) is 5.51. The lowest BCUT2D eigenvalue weighted by Crippen LogP contribution is -2.34. The highest BCUT2D eigenvalue weighted by molar-refractivity contribution is 5.26.